The van der Waals surface area contributed by atoms with Gasteiger partial charge in [-0.15, -0.1) is 0 Å². The number of carbonyl (C=O) groups excluding carboxylic acids is 2. The molecule has 49 heavy (non-hydrogen) atoms. The maximum atomic E-state index is 12.4. The fourth-order valence-electron chi connectivity index (χ4n) is 7.42. The third kappa shape index (κ3) is 9.54. The number of hydroxylamine groups is 1. The van der Waals surface area contributed by atoms with Gasteiger partial charge in [0.25, 0.3) is 0 Å². The molecule has 3 aliphatic heterocycles. The molecule has 10 heteroatoms. The van der Waals surface area contributed by atoms with E-state index >= 15 is 0 Å². The Hall–Kier alpha value is -3.64. The van der Waals surface area contributed by atoms with Crippen molar-refractivity contribution in [2.24, 2.45) is 0 Å². The number of rotatable bonds is 14. The summed E-state index contributed by atoms with van der Waals surface area (Å²) in [5.74, 6) is -0.643. The van der Waals surface area contributed by atoms with E-state index in [2.05, 4.69) is 51.5 Å². The Morgan fingerprint density at radius 1 is 0.816 bits per heavy atom. The molecule has 4 N–H and O–H groups in total. The first kappa shape index (κ1) is 35.2. The Balaban J connectivity index is 1.14. The summed E-state index contributed by atoms with van der Waals surface area (Å²) in [6.45, 7) is 5.95. The summed E-state index contributed by atoms with van der Waals surface area (Å²) in [4.78, 5) is 28.9. The molecule has 0 radical (unpaired) electrons. The second kappa shape index (κ2) is 17.3. The second-order valence-corrected chi connectivity index (χ2v) is 13.6. The number of likely N-dealkylation sites (tertiary alicyclic amines) is 2. The van der Waals surface area contributed by atoms with Crippen molar-refractivity contribution in [1.82, 2.24) is 20.6 Å². The lowest BCUT2D eigenvalue weighted by Crippen LogP contribution is -2.45. The Morgan fingerprint density at radius 3 is 2.31 bits per heavy atom. The number of aliphatic hydroxyl groups is 1. The molecule has 10 nitrogen and oxygen atoms in total. The van der Waals surface area contributed by atoms with Gasteiger partial charge in [-0.05, 0) is 79.6 Å². The molecule has 0 spiro atoms. The van der Waals surface area contributed by atoms with Gasteiger partial charge in [0.2, 0.25) is 11.8 Å². The third-order valence-corrected chi connectivity index (χ3v) is 10.1. The maximum Gasteiger partial charge on any atom is 0.243 e. The second-order valence-electron chi connectivity index (χ2n) is 13.6. The zero-order valence-corrected chi connectivity index (χ0v) is 28.3. The van der Waals surface area contributed by atoms with Crippen LogP contribution in [0.15, 0.2) is 72.8 Å². The fraction of sp³-hybridized carbons (Fsp3) is 0.487. The average molecular weight is 671 g/mol. The van der Waals surface area contributed by atoms with Crippen molar-refractivity contribution in [2.75, 3.05) is 32.7 Å². The van der Waals surface area contributed by atoms with Crippen molar-refractivity contribution in [3.63, 3.8) is 0 Å². The van der Waals surface area contributed by atoms with Crippen LogP contribution in [0.3, 0.4) is 0 Å². The van der Waals surface area contributed by atoms with E-state index in [1.165, 1.54) is 38.8 Å². The van der Waals surface area contributed by atoms with Crippen LogP contribution in [0.4, 0.5) is 0 Å². The first-order chi connectivity index (χ1) is 24.0. The first-order valence-electron chi connectivity index (χ1n) is 17.8. The predicted molar refractivity (Wildman–Crippen MR) is 186 cm³/mol. The van der Waals surface area contributed by atoms with E-state index in [4.69, 9.17) is 14.7 Å². The van der Waals surface area contributed by atoms with Gasteiger partial charge in [-0.1, -0.05) is 72.8 Å². The maximum absolute atomic E-state index is 12.4. The Morgan fingerprint density at radius 2 is 1.55 bits per heavy atom. The van der Waals surface area contributed by atoms with Crippen molar-refractivity contribution in [3.8, 4) is 11.1 Å². The largest absolute Gasteiger partial charge is 0.392 e. The summed E-state index contributed by atoms with van der Waals surface area (Å²) in [6, 6.07) is 24.9. The highest BCUT2D eigenvalue weighted by Crippen LogP contribution is 2.39. The zero-order chi connectivity index (χ0) is 34.0. The monoisotopic (exact) mass is 670 g/mol. The third-order valence-electron chi connectivity index (χ3n) is 10.1. The highest BCUT2D eigenvalue weighted by Gasteiger charge is 2.36. The molecule has 2 amide bonds. The van der Waals surface area contributed by atoms with Gasteiger partial charge < -0.3 is 24.8 Å². The van der Waals surface area contributed by atoms with Crippen LogP contribution in [0, 0.1) is 0 Å². The van der Waals surface area contributed by atoms with Crippen molar-refractivity contribution < 1.29 is 29.4 Å². The summed E-state index contributed by atoms with van der Waals surface area (Å²) >= 11 is 0. The first-order valence-corrected chi connectivity index (χ1v) is 17.8. The average Bonchev–Trinajstić information content (AvgIpc) is 3.83. The molecular weight excluding hydrogens is 620 g/mol. The number of hydrogen-bond acceptors (Lipinski definition) is 8. The smallest absolute Gasteiger partial charge is 0.243 e. The summed E-state index contributed by atoms with van der Waals surface area (Å²) in [5.41, 5.74) is 7.56. The van der Waals surface area contributed by atoms with Crippen LogP contribution in [0.1, 0.15) is 86.0 Å². The summed E-state index contributed by atoms with van der Waals surface area (Å²) in [6.07, 6.45) is 5.89. The number of aliphatic hydroxyl groups excluding tert-OH is 1. The van der Waals surface area contributed by atoms with E-state index in [1.807, 2.05) is 36.4 Å². The van der Waals surface area contributed by atoms with Crippen molar-refractivity contribution in [1.29, 1.82) is 0 Å². The van der Waals surface area contributed by atoms with Gasteiger partial charge in [0.15, 0.2) is 6.29 Å². The number of benzene rings is 3. The molecule has 3 aliphatic rings. The molecule has 0 aliphatic carbocycles. The van der Waals surface area contributed by atoms with Gasteiger partial charge in [-0.3, -0.25) is 19.7 Å². The molecule has 3 fully saturated rings. The lowest BCUT2D eigenvalue weighted by atomic mass is 9.97. The SMILES string of the molecule is O=C(CCCC(=O)NCc1ccccc1-c1ccc([C@H]2O[C@@H](CN3CCC[C@H]3CN3CCCC3)C[C@@H](c3ccc(CO)cc3)O2)cc1)NO. The number of hydrogen-bond donors (Lipinski definition) is 4. The highest BCUT2D eigenvalue weighted by molar-refractivity contribution is 5.78. The van der Waals surface area contributed by atoms with Crippen molar-refractivity contribution in [3.05, 3.63) is 95.1 Å². The van der Waals surface area contributed by atoms with Crippen LogP contribution >= 0.6 is 0 Å². The predicted octanol–water partition coefficient (Wildman–Crippen LogP) is 5.24. The van der Waals surface area contributed by atoms with Crippen LogP contribution in [0.2, 0.25) is 0 Å². The van der Waals surface area contributed by atoms with Crippen molar-refractivity contribution in [2.45, 2.75) is 89.1 Å². The normalized spacial score (nSPS) is 23.1. The van der Waals surface area contributed by atoms with E-state index in [9.17, 15) is 14.7 Å². The molecule has 3 aromatic carbocycles. The zero-order valence-electron chi connectivity index (χ0n) is 28.3. The topological polar surface area (TPSA) is 124 Å². The molecule has 262 valence electrons. The minimum absolute atomic E-state index is 0.0148. The minimum atomic E-state index is -0.516. The van der Waals surface area contributed by atoms with E-state index in [-0.39, 0.29) is 37.6 Å². The number of carbonyl (C=O) groups is 2. The van der Waals surface area contributed by atoms with Gasteiger partial charge in [0.05, 0.1) is 18.8 Å². The number of nitrogens with zero attached hydrogens (tertiary/aromatic N) is 2. The van der Waals surface area contributed by atoms with E-state index in [1.54, 1.807) is 5.48 Å². The summed E-state index contributed by atoms with van der Waals surface area (Å²) in [5, 5.41) is 21.2. The number of amides is 2. The Labute approximate surface area is 289 Å². The fourth-order valence-corrected chi connectivity index (χ4v) is 7.42. The molecule has 3 saturated heterocycles. The van der Waals surface area contributed by atoms with Crippen LogP contribution in [-0.4, -0.2) is 76.8 Å². The minimum Gasteiger partial charge on any atom is -0.392 e. The molecule has 3 aromatic rings. The molecule has 4 atom stereocenters. The van der Waals surface area contributed by atoms with E-state index in [0.29, 0.717) is 19.0 Å². The molecule has 0 bridgehead atoms. The number of nitrogens with one attached hydrogen (secondary N) is 2. The lowest BCUT2D eigenvalue weighted by molar-refractivity contribution is -0.253. The van der Waals surface area contributed by atoms with E-state index < -0.39 is 12.2 Å². The lowest BCUT2D eigenvalue weighted by Gasteiger charge is -2.39. The summed E-state index contributed by atoms with van der Waals surface area (Å²) < 4.78 is 13.4. The van der Waals surface area contributed by atoms with Gasteiger partial charge in [-0.25, -0.2) is 5.48 Å². The summed E-state index contributed by atoms with van der Waals surface area (Å²) in [7, 11) is 0. The van der Waals surface area contributed by atoms with Gasteiger partial charge >= 0.3 is 0 Å². The number of ether oxygens (including phenoxy) is 2. The molecule has 6 rings (SSSR count). The van der Waals surface area contributed by atoms with Gasteiger partial charge in [0, 0.05) is 50.5 Å². The van der Waals surface area contributed by atoms with Crippen LogP contribution in [0.25, 0.3) is 11.1 Å². The quantitative estimate of drug-likeness (QED) is 0.136. The van der Waals surface area contributed by atoms with Crippen LogP contribution in [0.5, 0.6) is 0 Å². The van der Waals surface area contributed by atoms with Crippen LogP contribution < -0.4 is 10.8 Å². The van der Waals surface area contributed by atoms with Gasteiger partial charge in [0.1, 0.15) is 0 Å². The van der Waals surface area contributed by atoms with Crippen molar-refractivity contribution >= 4 is 11.8 Å². The Bertz CT molecular complexity index is 1510. The standard InChI is InChI=1S/C39H50N4O6/c44-27-28-12-14-30(15-13-28)36-23-34(26-43-22-6-8-33(43)25-42-20-3-4-21-42)48-39(49-36)31-18-16-29(17-19-31)35-9-2-1-7-32(35)24-40-37(45)10-5-11-38(46)41-47/h1-2,7,9,12-19,33-34,36,39,44,47H,3-6,8,10-11,20-27H2,(H,40,45)(H,41,46)/t33-,34+,36-,39-/m0/s1. The van der Waals surface area contributed by atoms with Gasteiger partial charge in [-0.2, -0.15) is 0 Å². The van der Waals surface area contributed by atoms with E-state index in [0.717, 1.165) is 59.4 Å². The van der Waals surface area contributed by atoms with Crippen LogP contribution in [-0.2, 0) is 32.2 Å². The molecular formula is C39H50N4O6. The highest BCUT2D eigenvalue weighted by atomic mass is 16.7. The molecule has 0 aromatic heterocycles. The molecule has 0 unspecified atom stereocenters. The molecule has 3 heterocycles. The molecule has 0 saturated carbocycles. The Kier molecular flexibility index (Phi) is 12.5.